The minimum atomic E-state index is -1.08. The zero-order valence-electron chi connectivity index (χ0n) is 18.8. The number of carbonyl (C=O) groups is 1. The molecule has 0 radical (unpaired) electrons. The maximum atomic E-state index is 12.0. The van der Waals surface area contributed by atoms with Crippen molar-refractivity contribution >= 4 is 46.3 Å². The van der Waals surface area contributed by atoms with Gasteiger partial charge in [0.1, 0.15) is 11.8 Å². The van der Waals surface area contributed by atoms with Crippen molar-refractivity contribution in [3.05, 3.63) is 35.7 Å². The van der Waals surface area contributed by atoms with E-state index in [1.54, 1.807) is 16.9 Å². The number of anilines is 4. The number of likely N-dealkylation sites (N-methyl/N-ethyl adjacent to an activating group) is 1. The number of fused-ring (bicyclic) bond motifs is 1. The molecule has 1 unspecified atom stereocenters. The Labute approximate surface area is 199 Å². The highest BCUT2D eigenvalue weighted by Gasteiger charge is 2.23. The molecule has 12 nitrogen and oxygen atoms in total. The molecule has 1 fully saturated rings. The summed E-state index contributed by atoms with van der Waals surface area (Å²) in [7, 11) is 1.85. The fourth-order valence-corrected chi connectivity index (χ4v) is 4.12. The van der Waals surface area contributed by atoms with E-state index in [4.69, 9.17) is 5.11 Å². The molecule has 0 saturated heterocycles. The highest BCUT2D eigenvalue weighted by Crippen LogP contribution is 2.28. The van der Waals surface area contributed by atoms with Gasteiger partial charge >= 0.3 is 6.09 Å². The smallest absolute Gasteiger partial charge is 0.404 e. The summed E-state index contributed by atoms with van der Waals surface area (Å²) < 4.78 is 13.7. The van der Waals surface area contributed by atoms with Gasteiger partial charge in [-0.1, -0.05) is 11.2 Å². The lowest BCUT2D eigenvalue weighted by Crippen LogP contribution is -2.32. The van der Waals surface area contributed by atoms with Crippen LogP contribution in [0.1, 0.15) is 24.1 Å². The van der Waals surface area contributed by atoms with E-state index in [1.807, 2.05) is 36.2 Å². The van der Waals surface area contributed by atoms with E-state index < -0.39 is 17.3 Å². The van der Waals surface area contributed by atoms with Gasteiger partial charge in [0.25, 0.3) is 0 Å². The molecule has 4 N–H and O–H groups in total. The number of amides is 1. The van der Waals surface area contributed by atoms with Crippen LogP contribution in [0.5, 0.6) is 0 Å². The number of imidazole rings is 1. The Bertz CT molecular complexity index is 1240. The molecular weight excluding hydrogens is 458 g/mol. The molecule has 3 aromatic rings. The molecule has 0 aliphatic heterocycles. The highest BCUT2D eigenvalue weighted by atomic mass is 32.2. The first-order chi connectivity index (χ1) is 16.3. The van der Waals surface area contributed by atoms with Crippen LogP contribution in [0.2, 0.25) is 0 Å². The van der Waals surface area contributed by atoms with Crippen LogP contribution in [0, 0.1) is 11.3 Å². The van der Waals surface area contributed by atoms with Gasteiger partial charge in [0.15, 0.2) is 5.69 Å². The number of nitriles is 1. The summed E-state index contributed by atoms with van der Waals surface area (Å²) in [6, 6.07) is 7.99. The van der Waals surface area contributed by atoms with Gasteiger partial charge < -0.3 is 30.5 Å². The molecular formula is C21H25N9O3S. The molecule has 0 bridgehead atoms. The maximum Gasteiger partial charge on any atom is 0.404 e. The Morgan fingerprint density at radius 1 is 1.38 bits per heavy atom. The topological polar surface area (TPSA) is 167 Å². The Kier molecular flexibility index (Phi) is 6.90. The number of rotatable bonds is 10. The van der Waals surface area contributed by atoms with Crippen LogP contribution < -0.4 is 20.9 Å². The molecule has 1 aliphatic carbocycles. The summed E-state index contributed by atoms with van der Waals surface area (Å²) >= 11 is -1.08. The van der Waals surface area contributed by atoms with Gasteiger partial charge in [0.2, 0.25) is 17.7 Å². The van der Waals surface area contributed by atoms with Crippen molar-refractivity contribution in [2.75, 3.05) is 41.9 Å². The lowest BCUT2D eigenvalue weighted by Gasteiger charge is -2.23. The average molecular weight is 484 g/mol. The number of nitrogens with zero attached hydrogens (tertiary/aromatic N) is 6. The SMILES string of the molecule is CN(CCNC(=O)O)c1ccc(Nc2nc(NC3CC3)n3cc(C#N)nc3n2)cc1C[S+](C)[O-]. The molecule has 2 heterocycles. The summed E-state index contributed by atoms with van der Waals surface area (Å²) in [5.41, 5.74) is 2.65. The van der Waals surface area contributed by atoms with Crippen molar-refractivity contribution in [3.8, 4) is 6.07 Å². The molecule has 1 saturated carbocycles. The quantitative estimate of drug-likeness (QED) is 0.313. The van der Waals surface area contributed by atoms with Gasteiger partial charge in [0, 0.05) is 43.1 Å². The lowest BCUT2D eigenvalue weighted by atomic mass is 10.1. The van der Waals surface area contributed by atoms with Gasteiger partial charge in [-0.3, -0.25) is 4.40 Å². The zero-order chi connectivity index (χ0) is 24.2. The second kappa shape index (κ2) is 10.0. The Morgan fingerprint density at radius 3 is 2.85 bits per heavy atom. The van der Waals surface area contributed by atoms with E-state index in [2.05, 4.69) is 30.9 Å². The van der Waals surface area contributed by atoms with Gasteiger partial charge in [-0.2, -0.15) is 20.2 Å². The molecule has 178 valence electrons. The third-order valence-electron chi connectivity index (χ3n) is 5.19. The number of nitrogens with one attached hydrogen (secondary N) is 3. The monoisotopic (exact) mass is 483 g/mol. The van der Waals surface area contributed by atoms with Crippen LogP contribution in [0.15, 0.2) is 24.4 Å². The van der Waals surface area contributed by atoms with Crippen LogP contribution in [-0.2, 0) is 16.9 Å². The van der Waals surface area contributed by atoms with E-state index in [0.29, 0.717) is 41.7 Å². The second-order valence-corrected chi connectivity index (χ2v) is 9.47. The molecule has 13 heteroatoms. The average Bonchev–Trinajstić information content (AvgIpc) is 3.48. The van der Waals surface area contributed by atoms with Gasteiger partial charge in [-0.25, -0.2) is 4.79 Å². The van der Waals surface area contributed by atoms with Crippen LogP contribution in [0.25, 0.3) is 5.78 Å². The number of hydrogen-bond acceptors (Lipinski definition) is 9. The predicted octanol–water partition coefficient (Wildman–Crippen LogP) is 1.90. The number of carboxylic acid groups (broad SMARTS) is 1. The first-order valence-corrected chi connectivity index (χ1v) is 12.4. The van der Waals surface area contributed by atoms with E-state index in [1.165, 1.54) is 0 Å². The van der Waals surface area contributed by atoms with Gasteiger partial charge in [-0.15, -0.1) is 0 Å². The zero-order valence-corrected chi connectivity index (χ0v) is 19.6. The fraction of sp³-hybridized carbons (Fsp3) is 0.381. The van der Waals surface area contributed by atoms with E-state index >= 15 is 0 Å². The van der Waals surface area contributed by atoms with Crippen molar-refractivity contribution in [1.82, 2.24) is 24.7 Å². The molecule has 1 atom stereocenters. The molecule has 1 aliphatic rings. The summed E-state index contributed by atoms with van der Waals surface area (Å²) in [6.45, 7) is 0.722. The molecule has 2 aromatic heterocycles. The minimum Gasteiger partial charge on any atom is -0.616 e. The predicted molar refractivity (Wildman–Crippen MR) is 129 cm³/mol. The number of benzene rings is 1. The van der Waals surface area contributed by atoms with Crippen molar-refractivity contribution < 1.29 is 14.5 Å². The third-order valence-corrected chi connectivity index (χ3v) is 5.90. The van der Waals surface area contributed by atoms with Crippen molar-refractivity contribution in [2.24, 2.45) is 0 Å². The number of aromatic nitrogens is 4. The Morgan fingerprint density at radius 2 is 2.18 bits per heavy atom. The highest BCUT2D eigenvalue weighted by molar-refractivity contribution is 7.89. The molecule has 34 heavy (non-hydrogen) atoms. The first kappa shape index (κ1) is 23.4. The first-order valence-electron chi connectivity index (χ1n) is 10.6. The van der Waals surface area contributed by atoms with Crippen LogP contribution in [-0.4, -0.2) is 67.5 Å². The summed E-state index contributed by atoms with van der Waals surface area (Å²) in [5, 5.41) is 26.9. The van der Waals surface area contributed by atoms with Crippen molar-refractivity contribution in [3.63, 3.8) is 0 Å². The Hall–Kier alpha value is -3.76. The minimum absolute atomic E-state index is 0.253. The lowest BCUT2D eigenvalue weighted by molar-refractivity contribution is 0.195. The van der Waals surface area contributed by atoms with Crippen molar-refractivity contribution in [1.29, 1.82) is 5.26 Å². The maximum absolute atomic E-state index is 12.0. The van der Waals surface area contributed by atoms with E-state index in [9.17, 15) is 14.6 Å². The number of hydrogen-bond donors (Lipinski definition) is 4. The summed E-state index contributed by atoms with van der Waals surface area (Å²) in [6.07, 6.45) is 4.27. The summed E-state index contributed by atoms with van der Waals surface area (Å²) in [4.78, 5) is 25.9. The molecule has 1 amide bonds. The van der Waals surface area contributed by atoms with Crippen molar-refractivity contribution in [2.45, 2.75) is 24.6 Å². The molecule has 4 rings (SSSR count). The van der Waals surface area contributed by atoms with E-state index in [0.717, 1.165) is 24.1 Å². The molecule has 1 aromatic carbocycles. The molecule has 0 spiro atoms. The van der Waals surface area contributed by atoms with Crippen LogP contribution in [0.3, 0.4) is 0 Å². The third kappa shape index (κ3) is 5.77. The normalized spacial score (nSPS) is 13.8. The standard InChI is InChI=1S/C21H25N9O3S/c1-29(8-7-23-21(31)32)17-6-5-15(9-13(17)12-34(2)33)24-18-27-19(25-14-3-4-14)30-11-16(10-22)26-20(30)28-18/h5-6,9,11,14,23H,3-4,7-8,12H2,1-2H3,(H,31,32)(H2,24,25,26,27,28). The Balaban J connectivity index is 1.60. The van der Waals surface area contributed by atoms with E-state index in [-0.39, 0.29) is 12.2 Å². The van der Waals surface area contributed by atoms with Gasteiger partial charge in [0.05, 0.1) is 12.5 Å². The largest absolute Gasteiger partial charge is 0.616 e. The second-order valence-electron chi connectivity index (χ2n) is 8.04. The van der Waals surface area contributed by atoms with Crippen LogP contribution >= 0.6 is 0 Å². The fourth-order valence-electron chi connectivity index (χ4n) is 3.45. The summed E-state index contributed by atoms with van der Waals surface area (Å²) in [5.74, 6) is 1.57. The van der Waals surface area contributed by atoms with Crippen LogP contribution in [0.4, 0.5) is 28.1 Å². The van der Waals surface area contributed by atoms with Gasteiger partial charge in [-0.05, 0) is 31.0 Å².